The summed E-state index contributed by atoms with van der Waals surface area (Å²) >= 11 is 1.68. The van der Waals surface area contributed by atoms with Crippen molar-refractivity contribution in [3.63, 3.8) is 0 Å². The van der Waals surface area contributed by atoms with E-state index in [1.807, 2.05) is 36.5 Å². The second kappa shape index (κ2) is 9.06. The van der Waals surface area contributed by atoms with Crippen molar-refractivity contribution in [3.05, 3.63) is 76.2 Å². The molecule has 158 valence electrons. The van der Waals surface area contributed by atoms with Crippen LogP contribution in [-0.2, 0) is 12.8 Å². The van der Waals surface area contributed by atoms with E-state index in [9.17, 15) is 4.79 Å². The number of benzene rings is 2. The first-order chi connectivity index (χ1) is 15.3. The number of amides is 1. The summed E-state index contributed by atoms with van der Waals surface area (Å²) in [4.78, 5) is 21.7. The predicted octanol–water partition coefficient (Wildman–Crippen LogP) is 6.23. The molecule has 1 fully saturated rings. The van der Waals surface area contributed by atoms with Crippen LogP contribution in [0.15, 0.2) is 59.6 Å². The third-order valence-electron chi connectivity index (χ3n) is 6.11. The molecule has 1 N–H and O–H groups in total. The van der Waals surface area contributed by atoms with Gasteiger partial charge in [-0.1, -0.05) is 30.3 Å². The molecule has 3 aromatic rings. The summed E-state index contributed by atoms with van der Waals surface area (Å²) in [5, 5.41) is 3.88. The molecule has 0 unspecified atom stereocenters. The lowest BCUT2D eigenvalue weighted by molar-refractivity contribution is 0.102. The fraction of sp³-hybridized carbons (Fsp3) is 0.308. The lowest BCUT2D eigenvalue weighted by Gasteiger charge is -2.17. The van der Waals surface area contributed by atoms with E-state index >= 15 is 0 Å². The van der Waals surface area contributed by atoms with Crippen LogP contribution in [0.2, 0.25) is 0 Å². The van der Waals surface area contributed by atoms with Gasteiger partial charge in [0.1, 0.15) is 5.00 Å². The van der Waals surface area contributed by atoms with Crippen molar-refractivity contribution in [2.45, 2.75) is 38.5 Å². The summed E-state index contributed by atoms with van der Waals surface area (Å²) in [6, 6.07) is 18.2. The smallest absolute Gasteiger partial charge is 0.259 e. The molecule has 0 atom stereocenters. The van der Waals surface area contributed by atoms with Gasteiger partial charge in [-0.05, 0) is 73.9 Å². The molecular formula is C26H27N3OS. The lowest BCUT2D eigenvalue weighted by atomic mass is 9.95. The Morgan fingerprint density at radius 3 is 2.45 bits per heavy atom. The zero-order valence-corrected chi connectivity index (χ0v) is 18.5. The van der Waals surface area contributed by atoms with Crippen LogP contribution >= 0.6 is 11.3 Å². The van der Waals surface area contributed by atoms with E-state index in [4.69, 9.17) is 4.99 Å². The minimum atomic E-state index is -0.0536. The normalized spacial score (nSPS) is 15.9. The molecule has 1 saturated heterocycles. The van der Waals surface area contributed by atoms with Gasteiger partial charge in [-0.3, -0.25) is 4.79 Å². The first-order valence-corrected chi connectivity index (χ1v) is 12.0. The number of para-hydroxylation sites is 1. The topological polar surface area (TPSA) is 44.7 Å². The van der Waals surface area contributed by atoms with Gasteiger partial charge in [0.15, 0.2) is 0 Å². The first-order valence-electron chi connectivity index (χ1n) is 11.2. The van der Waals surface area contributed by atoms with Gasteiger partial charge in [-0.15, -0.1) is 11.3 Å². The molecule has 2 aromatic carbocycles. The van der Waals surface area contributed by atoms with Gasteiger partial charge in [0.2, 0.25) is 0 Å². The number of anilines is 2. The minimum Gasteiger partial charge on any atom is -0.372 e. The van der Waals surface area contributed by atoms with Crippen molar-refractivity contribution >= 4 is 39.8 Å². The van der Waals surface area contributed by atoms with E-state index in [0.717, 1.165) is 54.2 Å². The van der Waals surface area contributed by atoms with Crippen molar-refractivity contribution in [2.75, 3.05) is 23.3 Å². The maximum Gasteiger partial charge on any atom is 0.259 e. The molecule has 1 aliphatic carbocycles. The number of nitrogens with one attached hydrogen (secondary N) is 1. The monoisotopic (exact) mass is 429 g/mol. The highest BCUT2D eigenvalue weighted by Gasteiger charge is 2.25. The fourth-order valence-corrected chi connectivity index (χ4v) is 5.70. The number of fused-ring (bicyclic) bond motifs is 1. The Hall–Kier alpha value is -2.92. The van der Waals surface area contributed by atoms with Crippen LogP contribution in [0.1, 0.15) is 52.0 Å². The van der Waals surface area contributed by atoms with E-state index in [1.165, 1.54) is 35.4 Å². The first kappa shape index (κ1) is 20.0. The summed E-state index contributed by atoms with van der Waals surface area (Å²) in [7, 11) is 0. The molecule has 5 rings (SSSR count). The highest BCUT2D eigenvalue weighted by atomic mass is 32.1. The van der Waals surface area contributed by atoms with Crippen LogP contribution in [0.5, 0.6) is 0 Å². The lowest BCUT2D eigenvalue weighted by Crippen LogP contribution is -2.17. The predicted molar refractivity (Wildman–Crippen MR) is 130 cm³/mol. The average Bonchev–Trinajstić information content (AvgIpc) is 3.47. The number of nitrogens with zero attached hydrogens (tertiary/aromatic N) is 2. The number of aliphatic imine (C=N–C) groups is 1. The largest absolute Gasteiger partial charge is 0.372 e. The zero-order chi connectivity index (χ0) is 21.0. The molecule has 5 heteroatoms. The Kier molecular flexibility index (Phi) is 5.85. The summed E-state index contributed by atoms with van der Waals surface area (Å²) < 4.78 is 0. The van der Waals surface area contributed by atoms with E-state index in [-0.39, 0.29) is 5.91 Å². The van der Waals surface area contributed by atoms with Gasteiger partial charge in [-0.25, -0.2) is 4.99 Å². The Morgan fingerprint density at radius 2 is 1.68 bits per heavy atom. The number of aryl methyl sites for hydroxylation is 1. The number of hydrogen-bond acceptors (Lipinski definition) is 4. The second-order valence-electron chi connectivity index (χ2n) is 8.26. The van der Waals surface area contributed by atoms with Crippen molar-refractivity contribution in [1.82, 2.24) is 0 Å². The minimum absolute atomic E-state index is 0.0536. The molecule has 0 spiro atoms. The maximum atomic E-state index is 13.2. The van der Waals surface area contributed by atoms with E-state index in [1.54, 1.807) is 11.3 Å². The molecule has 2 aliphatic rings. The maximum absolute atomic E-state index is 13.2. The van der Waals surface area contributed by atoms with Crippen molar-refractivity contribution in [1.29, 1.82) is 0 Å². The van der Waals surface area contributed by atoms with Crippen LogP contribution in [0.4, 0.5) is 16.4 Å². The molecule has 1 aromatic heterocycles. The van der Waals surface area contributed by atoms with Gasteiger partial charge >= 0.3 is 0 Å². The molecule has 0 saturated carbocycles. The number of rotatable bonds is 5. The SMILES string of the molecule is O=C(Nc1ccccc1)c1c(N=Cc2ccc(N3CCCC3)cc2)sc2c1CCCC2. The van der Waals surface area contributed by atoms with Crippen molar-refractivity contribution in [3.8, 4) is 0 Å². The molecule has 4 nitrogen and oxygen atoms in total. The number of carbonyl (C=O) groups excluding carboxylic acids is 1. The Balaban J connectivity index is 1.40. The third-order valence-corrected chi connectivity index (χ3v) is 7.31. The Morgan fingerprint density at radius 1 is 0.935 bits per heavy atom. The van der Waals surface area contributed by atoms with Crippen LogP contribution in [0.25, 0.3) is 0 Å². The average molecular weight is 430 g/mol. The van der Waals surface area contributed by atoms with E-state index in [2.05, 4.69) is 34.5 Å². The van der Waals surface area contributed by atoms with Gasteiger partial charge in [0.05, 0.1) is 5.56 Å². The number of thiophene rings is 1. The summed E-state index contributed by atoms with van der Waals surface area (Å²) in [6.07, 6.45) is 8.78. The van der Waals surface area contributed by atoms with Crippen LogP contribution in [-0.4, -0.2) is 25.2 Å². The molecule has 1 amide bonds. The highest BCUT2D eigenvalue weighted by Crippen LogP contribution is 2.40. The third kappa shape index (κ3) is 4.42. The van der Waals surface area contributed by atoms with E-state index < -0.39 is 0 Å². The number of hydrogen-bond donors (Lipinski definition) is 1. The fourth-order valence-electron chi connectivity index (χ4n) is 4.47. The number of carbonyl (C=O) groups is 1. The summed E-state index contributed by atoms with van der Waals surface area (Å²) in [5.74, 6) is -0.0536. The standard InChI is InChI=1S/C26H27N3OS/c30-25(28-20-8-2-1-3-9-20)24-22-10-4-5-11-23(22)31-26(24)27-18-19-12-14-21(15-13-19)29-16-6-7-17-29/h1-3,8-9,12-15,18H,4-7,10-11,16-17H2,(H,28,30). The van der Waals surface area contributed by atoms with Crippen molar-refractivity contribution < 1.29 is 4.79 Å². The molecule has 0 bridgehead atoms. The summed E-state index contributed by atoms with van der Waals surface area (Å²) in [5.41, 5.74) is 5.11. The van der Waals surface area contributed by atoms with Crippen LogP contribution in [0, 0.1) is 0 Å². The molecule has 31 heavy (non-hydrogen) atoms. The zero-order valence-electron chi connectivity index (χ0n) is 17.6. The summed E-state index contributed by atoms with van der Waals surface area (Å²) in [6.45, 7) is 2.29. The Bertz CT molecular complexity index is 1080. The quantitative estimate of drug-likeness (QED) is 0.489. The van der Waals surface area contributed by atoms with Crippen molar-refractivity contribution in [2.24, 2.45) is 4.99 Å². The van der Waals surface area contributed by atoms with Gasteiger partial charge < -0.3 is 10.2 Å². The van der Waals surface area contributed by atoms with Gasteiger partial charge in [0.25, 0.3) is 5.91 Å². The second-order valence-corrected chi connectivity index (χ2v) is 9.34. The van der Waals surface area contributed by atoms with Gasteiger partial charge in [0, 0.05) is 35.6 Å². The highest BCUT2D eigenvalue weighted by molar-refractivity contribution is 7.16. The van der Waals surface area contributed by atoms with Crippen LogP contribution in [0.3, 0.4) is 0 Å². The van der Waals surface area contributed by atoms with Crippen LogP contribution < -0.4 is 10.2 Å². The molecular weight excluding hydrogens is 402 g/mol. The van der Waals surface area contributed by atoms with E-state index in [0.29, 0.717) is 0 Å². The molecule has 0 radical (unpaired) electrons. The molecule has 1 aliphatic heterocycles. The Labute approximate surface area is 187 Å². The van der Waals surface area contributed by atoms with Gasteiger partial charge in [-0.2, -0.15) is 0 Å². The molecule has 2 heterocycles.